The first-order valence-corrected chi connectivity index (χ1v) is 16.7. The van der Waals surface area contributed by atoms with Crippen LogP contribution in [0.2, 0.25) is 0 Å². The lowest BCUT2D eigenvalue weighted by molar-refractivity contribution is 0.0846. The average molecular weight is 599 g/mol. The van der Waals surface area contributed by atoms with Crippen molar-refractivity contribution in [3.05, 3.63) is 86.3 Å². The van der Waals surface area contributed by atoms with Gasteiger partial charge in [0.25, 0.3) is 11.5 Å². The Labute approximate surface area is 263 Å². The molecule has 2 saturated heterocycles. The smallest absolute Gasteiger partial charge is 0.253 e. The molecule has 2 aromatic carbocycles. The molecule has 1 aromatic heterocycles. The number of anilines is 1. The predicted molar refractivity (Wildman–Crippen MR) is 180 cm³/mol. The molecule has 0 aliphatic carbocycles. The number of hydrogen-bond donors (Lipinski definition) is 2. The lowest BCUT2D eigenvalue weighted by atomic mass is 9.94. The predicted octanol–water partition coefficient (Wildman–Crippen LogP) is 6.53. The van der Waals surface area contributed by atoms with Crippen LogP contribution in [-0.2, 0) is 24.2 Å². The molecule has 7 nitrogen and oxygen atoms in total. The highest BCUT2D eigenvalue weighted by atomic mass is 16.5. The number of ether oxygens (including phenoxy) is 1. The van der Waals surface area contributed by atoms with E-state index in [4.69, 9.17) is 4.74 Å². The number of piperidine rings is 1. The second-order valence-electron chi connectivity index (χ2n) is 12.5. The van der Waals surface area contributed by atoms with Gasteiger partial charge in [-0.15, -0.1) is 0 Å². The molecular weight excluding hydrogens is 548 g/mol. The Balaban J connectivity index is 1.46. The molecule has 236 valence electrons. The van der Waals surface area contributed by atoms with Crippen LogP contribution in [-0.4, -0.2) is 54.7 Å². The fourth-order valence-corrected chi connectivity index (χ4v) is 6.94. The SMILES string of the molecule is CCCc1cc(C)[nH]c(=O)c1CNC(=O)c1cc(-c2ccc(CN3CCCCC3)cc2)cc(N(CC)C2CCOCC2)c1C. The summed E-state index contributed by atoms with van der Waals surface area (Å²) in [7, 11) is 0. The maximum atomic E-state index is 13.9. The van der Waals surface area contributed by atoms with E-state index in [9.17, 15) is 9.59 Å². The first kappa shape index (κ1) is 32.0. The van der Waals surface area contributed by atoms with Gasteiger partial charge in [0.2, 0.25) is 0 Å². The van der Waals surface area contributed by atoms with E-state index in [-0.39, 0.29) is 18.0 Å². The third-order valence-electron chi connectivity index (χ3n) is 9.36. The summed E-state index contributed by atoms with van der Waals surface area (Å²) in [5.74, 6) is -0.155. The first-order chi connectivity index (χ1) is 21.4. The maximum absolute atomic E-state index is 13.9. The minimum atomic E-state index is -0.155. The van der Waals surface area contributed by atoms with Crippen LogP contribution in [0.5, 0.6) is 0 Å². The van der Waals surface area contributed by atoms with Crippen LogP contribution in [0.4, 0.5) is 5.69 Å². The van der Waals surface area contributed by atoms with Crippen molar-refractivity contribution in [2.45, 2.75) is 91.8 Å². The molecular formula is C37H50N4O3. The van der Waals surface area contributed by atoms with Crippen LogP contribution < -0.4 is 15.8 Å². The Hall–Kier alpha value is -3.42. The van der Waals surface area contributed by atoms with Crippen molar-refractivity contribution in [3.8, 4) is 11.1 Å². The zero-order valence-corrected chi connectivity index (χ0v) is 27.1. The number of benzene rings is 2. The number of hydrogen-bond acceptors (Lipinski definition) is 5. The largest absolute Gasteiger partial charge is 0.381 e. The minimum Gasteiger partial charge on any atom is -0.381 e. The highest BCUT2D eigenvalue weighted by Gasteiger charge is 2.25. The number of aromatic amines is 1. The second-order valence-corrected chi connectivity index (χ2v) is 12.5. The summed E-state index contributed by atoms with van der Waals surface area (Å²) in [5.41, 5.74) is 8.54. The molecule has 2 N–H and O–H groups in total. The van der Waals surface area contributed by atoms with Crippen molar-refractivity contribution in [1.82, 2.24) is 15.2 Å². The highest BCUT2D eigenvalue weighted by Crippen LogP contribution is 2.34. The summed E-state index contributed by atoms with van der Waals surface area (Å²) in [4.78, 5) is 34.7. The van der Waals surface area contributed by atoms with Gasteiger partial charge in [-0.1, -0.05) is 44.0 Å². The van der Waals surface area contributed by atoms with Crippen molar-refractivity contribution < 1.29 is 9.53 Å². The molecule has 0 spiro atoms. The Bertz CT molecular complexity index is 1470. The van der Waals surface area contributed by atoms with Crippen LogP contribution in [0.25, 0.3) is 11.1 Å². The van der Waals surface area contributed by atoms with Gasteiger partial charge in [0.1, 0.15) is 0 Å². The molecule has 0 radical (unpaired) electrons. The standard InChI is InChI=1S/C37H50N4O3/c1-5-10-30-21-26(3)39-37(43)34(30)24-38-36(42)33-22-31(23-35(27(33)4)41(6-2)32-15-19-44-20-16-32)29-13-11-28(12-14-29)25-40-17-8-7-9-18-40/h11-14,21-23,32H,5-10,15-20,24-25H2,1-4H3,(H,38,42)(H,39,43). The van der Waals surface area contributed by atoms with Crippen LogP contribution in [0.1, 0.15) is 90.7 Å². The van der Waals surface area contributed by atoms with E-state index < -0.39 is 0 Å². The Morgan fingerprint density at radius 3 is 2.41 bits per heavy atom. The number of aromatic nitrogens is 1. The number of carbonyl (C=O) groups excluding carboxylic acids is 1. The van der Waals surface area contributed by atoms with Gasteiger partial charge in [-0.25, -0.2) is 0 Å². The molecule has 0 bridgehead atoms. The number of amides is 1. The van der Waals surface area contributed by atoms with E-state index in [1.807, 2.05) is 19.1 Å². The lowest BCUT2D eigenvalue weighted by Gasteiger charge is -2.37. The molecule has 44 heavy (non-hydrogen) atoms. The maximum Gasteiger partial charge on any atom is 0.253 e. The van der Waals surface area contributed by atoms with E-state index >= 15 is 0 Å². The number of aryl methyl sites for hydroxylation is 2. The molecule has 2 aliphatic heterocycles. The number of rotatable bonds is 11. The summed E-state index contributed by atoms with van der Waals surface area (Å²) in [6.45, 7) is 14.2. The molecule has 1 amide bonds. The topological polar surface area (TPSA) is 77.7 Å². The molecule has 5 rings (SSSR count). The molecule has 2 aliphatic rings. The molecule has 3 aromatic rings. The van der Waals surface area contributed by atoms with Gasteiger partial charge in [-0.05, 0) is 112 Å². The average Bonchev–Trinajstić information content (AvgIpc) is 3.03. The van der Waals surface area contributed by atoms with Crippen molar-refractivity contribution in [2.24, 2.45) is 0 Å². The number of carbonyl (C=O) groups is 1. The van der Waals surface area contributed by atoms with Crippen molar-refractivity contribution >= 4 is 11.6 Å². The van der Waals surface area contributed by atoms with Crippen molar-refractivity contribution in [1.29, 1.82) is 0 Å². The molecule has 7 heteroatoms. The fourth-order valence-electron chi connectivity index (χ4n) is 6.94. The van der Waals surface area contributed by atoms with Gasteiger partial charge in [0.15, 0.2) is 0 Å². The monoisotopic (exact) mass is 598 g/mol. The number of likely N-dealkylation sites (tertiary alicyclic amines) is 1. The Morgan fingerprint density at radius 2 is 1.73 bits per heavy atom. The number of H-pyrrole nitrogens is 1. The van der Waals surface area contributed by atoms with Gasteiger partial charge in [0.05, 0.1) is 0 Å². The highest BCUT2D eigenvalue weighted by molar-refractivity contribution is 5.99. The molecule has 0 unspecified atom stereocenters. The van der Waals surface area contributed by atoms with Crippen LogP contribution in [0.3, 0.4) is 0 Å². The summed E-state index contributed by atoms with van der Waals surface area (Å²) in [6, 6.07) is 15.5. The summed E-state index contributed by atoms with van der Waals surface area (Å²) >= 11 is 0. The Morgan fingerprint density at radius 1 is 1.00 bits per heavy atom. The zero-order chi connectivity index (χ0) is 31.1. The third kappa shape index (κ3) is 7.62. The van der Waals surface area contributed by atoms with Crippen LogP contribution in [0, 0.1) is 13.8 Å². The number of nitrogens with zero attached hydrogens (tertiary/aromatic N) is 2. The van der Waals surface area contributed by atoms with Gasteiger partial charge in [-0.2, -0.15) is 0 Å². The van der Waals surface area contributed by atoms with E-state index in [0.29, 0.717) is 17.2 Å². The van der Waals surface area contributed by atoms with Gasteiger partial charge >= 0.3 is 0 Å². The molecule has 2 fully saturated rings. The quantitative estimate of drug-likeness (QED) is 0.262. The number of pyridine rings is 1. The van der Waals surface area contributed by atoms with Gasteiger partial charge in [-0.3, -0.25) is 14.5 Å². The van der Waals surface area contributed by atoms with Crippen molar-refractivity contribution in [2.75, 3.05) is 37.7 Å². The van der Waals surface area contributed by atoms with Gasteiger partial charge in [0, 0.05) is 61.4 Å². The fraction of sp³-hybridized carbons (Fsp3) is 0.514. The zero-order valence-electron chi connectivity index (χ0n) is 27.1. The summed E-state index contributed by atoms with van der Waals surface area (Å²) in [6.07, 6.45) is 7.60. The summed E-state index contributed by atoms with van der Waals surface area (Å²) in [5, 5.41) is 3.11. The van der Waals surface area contributed by atoms with Gasteiger partial charge < -0.3 is 19.9 Å². The third-order valence-corrected chi connectivity index (χ3v) is 9.36. The molecule has 0 saturated carbocycles. The molecule has 3 heterocycles. The van der Waals surface area contributed by atoms with Crippen LogP contribution in [0.15, 0.2) is 47.3 Å². The minimum absolute atomic E-state index is 0.124. The normalized spacial score (nSPS) is 16.2. The van der Waals surface area contributed by atoms with Crippen LogP contribution >= 0.6 is 0 Å². The number of nitrogens with one attached hydrogen (secondary N) is 2. The van der Waals surface area contributed by atoms with E-state index in [1.165, 1.54) is 37.9 Å². The Kier molecular flexibility index (Phi) is 10.9. The van der Waals surface area contributed by atoms with E-state index in [1.54, 1.807) is 0 Å². The second kappa shape index (κ2) is 15.0. The summed E-state index contributed by atoms with van der Waals surface area (Å²) < 4.78 is 5.68. The first-order valence-electron chi connectivity index (χ1n) is 16.7. The van der Waals surface area contributed by atoms with Crippen molar-refractivity contribution in [3.63, 3.8) is 0 Å². The lowest BCUT2D eigenvalue weighted by Crippen LogP contribution is -2.40. The van der Waals surface area contributed by atoms with E-state index in [2.05, 4.69) is 71.2 Å². The molecule has 0 atom stereocenters. The van der Waals surface area contributed by atoms with E-state index in [0.717, 1.165) is 85.6 Å².